The lowest BCUT2D eigenvalue weighted by Gasteiger charge is -2.26. The molecule has 3 heterocycles. The number of nitrogens with zero attached hydrogens (tertiary/aromatic N) is 2. The van der Waals surface area contributed by atoms with E-state index in [1.54, 1.807) is 0 Å². The topological polar surface area (TPSA) is 40.6 Å². The van der Waals surface area contributed by atoms with Crippen molar-refractivity contribution in [3.05, 3.63) is 21.9 Å². The van der Waals surface area contributed by atoms with E-state index in [2.05, 4.69) is 21.2 Å². The molecule has 0 aliphatic carbocycles. The zero-order valence-electron chi connectivity index (χ0n) is 12.5. The Bertz CT molecular complexity index is 548. The molecule has 21 heavy (non-hydrogen) atoms. The highest BCUT2D eigenvalue weighted by Gasteiger charge is 2.22. The molecule has 118 valence electrons. The molecule has 0 spiro atoms. The van der Waals surface area contributed by atoms with E-state index in [0.29, 0.717) is 24.6 Å². The van der Waals surface area contributed by atoms with Crippen molar-refractivity contribution >= 4 is 21.2 Å². The zero-order chi connectivity index (χ0) is 14.7. The minimum Gasteiger partial charge on any atom is -0.299 e. The molecule has 0 amide bonds. The molecule has 0 saturated carbocycles. The van der Waals surface area contributed by atoms with Gasteiger partial charge < -0.3 is 0 Å². The molecule has 2 saturated heterocycles. The Kier molecular flexibility index (Phi) is 4.99. The van der Waals surface area contributed by atoms with Gasteiger partial charge in [0.2, 0.25) is 0 Å². The van der Waals surface area contributed by atoms with Gasteiger partial charge in [-0.2, -0.15) is 0 Å². The van der Waals surface area contributed by atoms with E-state index in [4.69, 9.17) is 0 Å². The van der Waals surface area contributed by atoms with Crippen LogP contribution >= 0.6 is 11.3 Å². The Morgan fingerprint density at radius 1 is 0.952 bits per heavy atom. The van der Waals surface area contributed by atoms with E-state index < -0.39 is 9.84 Å². The van der Waals surface area contributed by atoms with Crippen LogP contribution in [0.3, 0.4) is 0 Å². The van der Waals surface area contributed by atoms with Gasteiger partial charge in [0.25, 0.3) is 0 Å². The van der Waals surface area contributed by atoms with Crippen molar-refractivity contribution in [2.24, 2.45) is 0 Å². The smallest absolute Gasteiger partial charge is 0.152 e. The fourth-order valence-corrected chi connectivity index (χ4v) is 5.30. The van der Waals surface area contributed by atoms with Gasteiger partial charge in [-0.3, -0.25) is 9.80 Å². The zero-order valence-corrected chi connectivity index (χ0v) is 14.1. The van der Waals surface area contributed by atoms with Gasteiger partial charge in [0.1, 0.15) is 0 Å². The van der Waals surface area contributed by atoms with Crippen LogP contribution < -0.4 is 0 Å². The molecule has 0 aromatic carbocycles. The minimum atomic E-state index is -2.77. The monoisotopic (exact) mass is 328 g/mol. The lowest BCUT2D eigenvalue weighted by atomic mass is 10.1. The molecule has 1 aromatic rings. The molecule has 2 aliphatic rings. The third-order valence-electron chi connectivity index (χ3n) is 4.38. The van der Waals surface area contributed by atoms with Crippen LogP contribution in [-0.4, -0.2) is 55.9 Å². The van der Waals surface area contributed by atoms with Crippen LogP contribution in [0.2, 0.25) is 0 Å². The predicted octanol–water partition coefficient (Wildman–Crippen LogP) is 1.96. The van der Waals surface area contributed by atoms with Crippen LogP contribution in [-0.2, 0) is 22.9 Å². The molecule has 0 N–H and O–H groups in total. The van der Waals surface area contributed by atoms with Gasteiger partial charge in [-0.25, -0.2) is 8.42 Å². The highest BCUT2D eigenvalue weighted by Crippen LogP contribution is 2.21. The molecule has 0 bridgehead atoms. The summed E-state index contributed by atoms with van der Waals surface area (Å²) in [7, 11) is -2.77. The highest BCUT2D eigenvalue weighted by molar-refractivity contribution is 7.91. The summed E-state index contributed by atoms with van der Waals surface area (Å²) in [4.78, 5) is 6.17. The molecular formula is C15H24N2O2S2. The second kappa shape index (κ2) is 6.77. The first-order valence-corrected chi connectivity index (χ1v) is 10.5. The van der Waals surface area contributed by atoms with E-state index >= 15 is 0 Å². The van der Waals surface area contributed by atoms with Crippen LogP contribution in [0.15, 0.2) is 11.4 Å². The first kappa shape index (κ1) is 15.5. The SMILES string of the molecule is O=S1(=O)CCN(Cc2cc(CN3CCCCC3)cs2)CC1. The van der Waals surface area contributed by atoms with E-state index in [1.165, 1.54) is 42.8 Å². The Labute approximate surface area is 131 Å². The largest absolute Gasteiger partial charge is 0.299 e. The average Bonchev–Trinajstić information content (AvgIpc) is 2.90. The molecule has 3 rings (SSSR count). The van der Waals surface area contributed by atoms with Crippen molar-refractivity contribution in [2.75, 3.05) is 37.7 Å². The molecule has 2 aliphatic heterocycles. The lowest BCUT2D eigenvalue weighted by molar-refractivity contribution is 0.221. The predicted molar refractivity (Wildman–Crippen MR) is 87.4 cm³/mol. The van der Waals surface area contributed by atoms with Gasteiger partial charge in [-0.15, -0.1) is 11.3 Å². The summed E-state index contributed by atoms with van der Waals surface area (Å²) in [5, 5.41) is 2.27. The maximum Gasteiger partial charge on any atom is 0.152 e. The van der Waals surface area contributed by atoms with Crippen molar-refractivity contribution in [1.82, 2.24) is 9.80 Å². The summed E-state index contributed by atoms with van der Waals surface area (Å²) in [6.07, 6.45) is 4.04. The van der Waals surface area contributed by atoms with Crippen LogP contribution in [0, 0.1) is 0 Å². The number of hydrogen-bond acceptors (Lipinski definition) is 5. The molecular weight excluding hydrogens is 304 g/mol. The number of likely N-dealkylation sites (tertiary alicyclic amines) is 1. The van der Waals surface area contributed by atoms with Crippen molar-refractivity contribution in [1.29, 1.82) is 0 Å². The minimum absolute atomic E-state index is 0.318. The highest BCUT2D eigenvalue weighted by atomic mass is 32.2. The Balaban J connectivity index is 1.50. The average molecular weight is 329 g/mol. The first-order chi connectivity index (χ1) is 10.1. The van der Waals surface area contributed by atoms with Crippen LogP contribution in [0.4, 0.5) is 0 Å². The van der Waals surface area contributed by atoms with Crippen LogP contribution in [0.1, 0.15) is 29.7 Å². The van der Waals surface area contributed by atoms with Crippen molar-refractivity contribution in [2.45, 2.75) is 32.4 Å². The molecule has 0 unspecified atom stereocenters. The number of sulfone groups is 1. The quantitative estimate of drug-likeness (QED) is 0.847. The van der Waals surface area contributed by atoms with Gasteiger partial charge in [0.15, 0.2) is 9.84 Å². The molecule has 0 atom stereocenters. The second-order valence-electron chi connectivity index (χ2n) is 6.19. The summed E-state index contributed by atoms with van der Waals surface area (Å²) < 4.78 is 22.9. The number of rotatable bonds is 4. The second-order valence-corrected chi connectivity index (χ2v) is 9.49. The van der Waals surface area contributed by atoms with Gasteiger partial charge >= 0.3 is 0 Å². The molecule has 4 nitrogen and oxygen atoms in total. The van der Waals surface area contributed by atoms with Crippen LogP contribution in [0.25, 0.3) is 0 Å². The number of thiophene rings is 1. The summed E-state index contributed by atoms with van der Waals surface area (Å²) in [5.41, 5.74) is 1.42. The molecule has 2 fully saturated rings. The van der Waals surface area contributed by atoms with Crippen molar-refractivity contribution < 1.29 is 8.42 Å². The van der Waals surface area contributed by atoms with E-state index in [9.17, 15) is 8.42 Å². The first-order valence-electron chi connectivity index (χ1n) is 7.82. The normalized spacial score (nSPS) is 24.2. The van der Waals surface area contributed by atoms with Gasteiger partial charge in [0.05, 0.1) is 11.5 Å². The fraction of sp³-hybridized carbons (Fsp3) is 0.733. The van der Waals surface area contributed by atoms with Gasteiger partial charge in [0, 0.05) is 31.1 Å². The van der Waals surface area contributed by atoms with Crippen molar-refractivity contribution in [3.63, 3.8) is 0 Å². The van der Waals surface area contributed by atoms with Gasteiger partial charge in [-0.05, 0) is 42.9 Å². The summed E-state index contributed by atoms with van der Waals surface area (Å²) >= 11 is 1.81. The molecule has 6 heteroatoms. The van der Waals surface area contributed by atoms with Crippen LogP contribution in [0.5, 0.6) is 0 Å². The van der Waals surface area contributed by atoms with Crippen molar-refractivity contribution in [3.8, 4) is 0 Å². The standard InChI is InChI=1S/C15H24N2O2S2/c18-21(19)8-6-17(7-9-21)12-15-10-14(13-20-15)11-16-4-2-1-3-5-16/h10,13H,1-9,11-12H2. The third-order valence-corrected chi connectivity index (χ3v) is 6.96. The third kappa shape index (κ3) is 4.52. The van der Waals surface area contributed by atoms with E-state index in [1.807, 2.05) is 11.3 Å². The Morgan fingerprint density at radius 3 is 2.33 bits per heavy atom. The summed E-state index contributed by atoms with van der Waals surface area (Å²) in [6.45, 7) is 5.80. The molecule has 0 radical (unpaired) electrons. The lowest BCUT2D eigenvalue weighted by Crippen LogP contribution is -2.39. The van der Waals surface area contributed by atoms with Gasteiger partial charge in [-0.1, -0.05) is 6.42 Å². The maximum absolute atomic E-state index is 11.4. The fourth-order valence-electron chi connectivity index (χ4n) is 3.10. The Hall–Kier alpha value is -0.430. The van der Waals surface area contributed by atoms with E-state index in [0.717, 1.165) is 13.1 Å². The van der Waals surface area contributed by atoms with E-state index in [-0.39, 0.29) is 0 Å². The number of piperidine rings is 1. The Morgan fingerprint density at radius 2 is 1.62 bits per heavy atom. The summed E-state index contributed by atoms with van der Waals surface area (Å²) in [6, 6.07) is 2.31. The molecule has 1 aromatic heterocycles. The number of hydrogen-bond donors (Lipinski definition) is 0. The summed E-state index contributed by atoms with van der Waals surface area (Å²) in [5.74, 6) is 0.637. The maximum atomic E-state index is 11.4.